The van der Waals surface area contributed by atoms with Crippen LogP contribution in [-0.4, -0.2) is 54.1 Å². The van der Waals surface area contributed by atoms with Gasteiger partial charge in [-0.25, -0.2) is 0 Å². The molecule has 0 aromatic carbocycles. The van der Waals surface area contributed by atoms with Crippen LogP contribution < -0.4 is 10.2 Å². The number of nitrogens with one attached hydrogen (secondary N) is 2. The van der Waals surface area contributed by atoms with Crippen molar-refractivity contribution in [3.05, 3.63) is 5.82 Å². The van der Waals surface area contributed by atoms with Crippen LogP contribution in [0.1, 0.15) is 32.0 Å². The molecule has 0 bridgehead atoms. The number of H-pyrrole nitrogens is 1. The summed E-state index contributed by atoms with van der Waals surface area (Å²) in [5, 5.41) is 11.1. The molecule has 6 heteroatoms. The van der Waals surface area contributed by atoms with Crippen molar-refractivity contribution < 1.29 is 4.74 Å². The number of aryl methyl sites for hydroxylation is 1. The van der Waals surface area contributed by atoms with Crippen LogP contribution in [0.15, 0.2) is 0 Å². The highest BCUT2D eigenvalue weighted by molar-refractivity contribution is 5.32. The Kier molecular flexibility index (Phi) is 4.21. The fourth-order valence-electron chi connectivity index (χ4n) is 3.21. The van der Waals surface area contributed by atoms with Gasteiger partial charge < -0.3 is 15.0 Å². The second kappa shape index (κ2) is 6.10. The highest BCUT2D eigenvalue weighted by Crippen LogP contribution is 2.27. The van der Waals surface area contributed by atoms with Crippen molar-refractivity contribution in [2.45, 2.75) is 44.8 Å². The third-order valence-corrected chi connectivity index (χ3v) is 4.59. The molecular formula is C14H25N5O. The van der Waals surface area contributed by atoms with Gasteiger partial charge >= 0.3 is 0 Å². The number of anilines is 1. The third kappa shape index (κ3) is 2.96. The Hall–Kier alpha value is -1.14. The standard InChI is InChI=1S/C14H25N5O/c1-10(20-2)5-6-13-16-14(18-17-13)19-8-11-4-3-7-15-12(11)9-19/h10-12,15H,3-9H2,1-2H3,(H,16,17,18). The van der Waals surface area contributed by atoms with Crippen molar-refractivity contribution in [3.8, 4) is 0 Å². The first-order valence-corrected chi connectivity index (χ1v) is 7.68. The summed E-state index contributed by atoms with van der Waals surface area (Å²) in [6, 6.07) is 0.624. The van der Waals surface area contributed by atoms with Gasteiger partial charge in [0.1, 0.15) is 5.82 Å². The molecule has 112 valence electrons. The average molecular weight is 279 g/mol. The Morgan fingerprint density at radius 3 is 3.15 bits per heavy atom. The molecule has 2 fully saturated rings. The summed E-state index contributed by atoms with van der Waals surface area (Å²) in [6.07, 6.45) is 4.75. The summed E-state index contributed by atoms with van der Waals surface area (Å²) < 4.78 is 5.26. The van der Waals surface area contributed by atoms with E-state index >= 15 is 0 Å². The number of methoxy groups -OCH3 is 1. The van der Waals surface area contributed by atoms with Crippen LogP contribution >= 0.6 is 0 Å². The SMILES string of the molecule is COC(C)CCc1nc(N2CC3CCCNC3C2)n[nH]1. The number of fused-ring (bicyclic) bond motifs is 1. The number of hydrogen-bond acceptors (Lipinski definition) is 5. The Morgan fingerprint density at radius 1 is 1.45 bits per heavy atom. The number of aromatic nitrogens is 3. The molecule has 0 radical (unpaired) electrons. The van der Waals surface area contributed by atoms with Gasteiger partial charge in [0.25, 0.3) is 0 Å². The molecule has 3 atom stereocenters. The molecule has 0 aliphatic carbocycles. The first-order chi connectivity index (χ1) is 9.76. The van der Waals surface area contributed by atoms with Gasteiger partial charge in [-0.15, -0.1) is 5.10 Å². The molecule has 6 nitrogen and oxygen atoms in total. The minimum Gasteiger partial charge on any atom is -0.382 e. The molecular weight excluding hydrogens is 254 g/mol. The summed E-state index contributed by atoms with van der Waals surface area (Å²) in [4.78, 5) is 6.95. The molecule has 1 aromatic rings. The molecule has 2 N–H and O–H groups in total. The van der Waals surface area contributed by atoms with Crippen molar-refractivity contribution in [1.29, 1.82) is 0 Å². The van der Waals surface area contributed by atoms with Gasteiger partial charge in [-0.2, -0.15) is 4.98 Å². The van der Waals surface area contributed by atoms with Crippen LogP contribution in [-0.2, 0) is 11.2 Å². The van der Waals surface area contributed by atoms with Crippen LogP contribution in [0.3, 0.4) is 0 Å². The zero-order valence-electron chi connectivity index (χ0n) is 12.4. The van der Waals surface area contributed by atoms with E-state index < -0.39 is 0 Å². The summed E-state index contributed by atoms with van der Waals surface area (Å²) in [7, 11) is 1.75. The number of aromatic amines is 1. The van der Waals surface area contributed by atoms with Gasteiger partial charge in [0.15, 0.2) is 0 Å². The Morgan fingerprint density at radius 2 is 2.35 bits per heavy atom. The van der Waals surface area contributed by atoms with Crippen molar-refractivity contribution in [2.24, 2.45) is 5.92 Å². The zero-order valence-corrected chi connectivity index (χ0v) is 12.4. The Bertz CT molecular complexity index is 421. The predicted molar refractivity (Wildman–Crippen MR) is 77.9 cm³/mol. The maximum absolute atomic E-state index is 5.26. The molecule has 2 aliphatic heterocycles. The highest BCUT2D eigenvalue weighted by atomic mass is 16.5. The molecule has 0 saturated carbocycles. The highest BCUT2D eigenvalue weighted by Gasteiger charge is 2.35. The number of piperidine rings is 1. The lowest BCUT2D eigenvalue weighted by atomic mass is 9.94. The van der Waals surface area contributed by atoms with E-state index in [1.165, 1.54) is 12.8 Å². The van der Waals surface area contributed by atoms with Crippen LogP contribution in [0.25, 0.3) is 0 Å². The molecule has 2 aliphatic rings. The van der Waals surface area contributed by atoms with Crippen LogP contribution in [0.5, 0.6) is 0 Å². The Balaban J connectivity index is 1.57. The lowest BCUT2D eigenvalue weighted by molar-refractivity contribution is 0.111. The number of ether oxygens (including phenoxy) is 1. The lowest BCUT2D eigenvalue weighted by Gasteiger charge is -2.24. The molecule has 2 saturated heterocycles. The quantitative estimate of drug-likeness (QED) is 0.840. The number of hydrogen-bond donors (Lipinski definition) is 2. The molecule has 0 spiro atoms. The molecule has 0 amide bonds. The summed E-state index contributed by atoms with van der Waals surface area (Å²) in [5.74, 6) is 2.59. The smallest absolute Gasteiger partial charge is 0.244 e. The summed E-state index contributed by atoms with van der Waals surface area (Å²) in [5.41, 5.74) is 0. The van der Waals surface area contributed by atoms with Crippen molar-refractivity contribution in [1.82, 2.24) is 20.5 Å². The maximum Gasteiger partial charge on any atom is 0.244 e. The molecule has 20 heavy (non-hydrogen) atoms. The molecule has 1 aromatic heterocycles. The van der Waals surface area contributed by atoms with E-state index in [2.05, 4.69) is 32.3 Å². The molecule has 3 unspecified atom stereocenters. The third-order valence-electron chi connectivity index (χ3n) is 4.59. The summed E-state index contributed by atoms with van der Waals surface area (Å²) >= 11 is 0. The Labute approximate surface area is 120 Å². The predicted octanol–water partition coefficient (Wildman–Crippen LogP) is 0.960. The van der Waals surface area contributed by atoms with E-state index in [-0.39, 0.29) is 6.10 Å². The van der Waals surface area contributed by atoms with Crippen molar-refractivity contribution in [2.75, 3.05) is 31.6 Å². The minimum atomic E-state index is 0.266. The van der Waals surface area contributed by atoms with Gasteiger partial charge in [-0.05, 0) is 38.6 Å². The normalized spacial score (nSPS) is 27.6. The van der Waals surface area contributed by atoms with Crippen LogP contribution in [0, 0.1) is 5.92 Å². The van der Waals surface area contributed by atoms with E-state index in [1.54, 1.807) is 7.11 Å². The van der Waals surface area contributed by atoms with Gasteiger partial charge in [0.05, 0.1) is 6.10 Å². The van der Waals surface area contributed by atoms with Gasteiger partial charge in [-0.3, -0.25) is 5.10 Å². The topological polar surface area (TPSA) is 66.1 Å². The maximum atomic E-state index is 5.26. The van der Waals surface area contributed by atoms with E-state index in [0.29, 0.717) is 6.04 Å². The molecule has 3 heterocycles. The van der Waals surface area contributed by atoms with Gasteiger partial charge in [0.2, 0.25) is 5.95 Å². The van der Waals surface area contributed by atoms with Crippen molar-refractivity contribution >= 4 is 5.95 Å². The van der Waals surface area contributed by atoms with Crippen LogP contribution in [0.2, 0.25) is 0 Å². The van der Waals surface area contributed by atoms with Crippen molar-refractivity contribution in [3.63, 3.8) is 0 Å². The largest absolute Gasteiger partial charge is 0.382 e. The summed E-state index contributed by atoms with van der Waals surface area (Å²) in [6.45, 7) is 5.36. The second-order valence-corrected chi connectivity index (χ2v) is 6.04. The first-order valence-electron chi connectivity index (χ1n) is 7.68. The van der Waals surface area contributed by atoms with Gasteiger partial charge in [-0.1, -0.05) is 0 Å². The fraction of sp³-hybridized carbons (Fsp3) is 0.857. The fourth-order valence-corrected chi connectivity index (χ4v) is 3.21. The first kappa shape index (κ1) is 13.8. The van der Waals surface area contributed by atoms with E-state index in [1.807, 2.05) is 0 Å². The van der Waals surface area contributed by atoms with E-state index in [4.69, 9.17) is 4.74 Å². The van der Waals surface area contributed by atoms with E-state index in [0.717, 1.165) is 50.2 Å². The zero-order chi connectivity index (χ0) is 13.9. The minimum absolute atomic E-state index is 0.266. The van der Waals surface area contributed by atoms with Gasteiger partial charge in [0, 0.05) is 32.7 Å². The lowest BCUT2D eigenvalue weighted by Crippen LogP contribution is -2.40. The average Bonchev–Trinajstić information content (AvgIpc) is 3.10. The number of rotatable bonds is 5. The van der Waals surface area contributed by atoms with Crippen LogP contribution in [0.4, 0.5) is 5.95 Å². The number of nitrogens with zero attached hydrogens (tertiary/aromatic N) is 3. The molecule has 3 rings (SSSR count). The second-order valence-electron chi connectivity index (χ2n) is 6.04. The monoisotopic (exact) mass is 279 g/mol. The van der Waals surface area contributed by atoms with E-state index in [9.17, 15) is 0 Å².